The number of nitrogens with one attached hydrogen (secondary N) is 2. The minimum Gasteiger partial charge on any atom is -0.462 e. The summed E-state index contributed by atoms with van der Waals surface area (Å²) in [5.41, 5.74) is 2.11. The SMILES string of the molecule is CCOC(=O)c1c(NC(=O)CSc2cccc(NC(=O)c3cccc([N+](=O)[O-])c3)c2)sc2c1CCC(C(C)(C)C)C2. The number of hydrogen-bond donors (Lipinski definition) is 2. The monoisotopic (exact) mass is 595 g/mol. The first-order valence-corrected chi connectivity index (χ1v) is 15.2. The number of carbonyl (C=O) groups is 3. The molecule has 0 bridgehead atoms. The van der Waals surface area contributed by atoms with Gasteiger partial charge in [0.1, 0.15) is 5.00 Å². The Labute approximate surface area is 247 Å². The molecule has 1 unspecified atom stereocenters. The van der Waals surface area contributed by atoms with Crippen molar-refractivity contribution in [2.45, 2.75) is 51.9 Å². The zero-order valence-corrected chi connectivity index (χ0v) is 25.1. The topological polar surface area (TPSA) is 128 Å². The van der Waals surface area contributed by atoms with Gasteiger partial charge in [0.05, 0.1) is 22.8 Å². The van der Waals surface area contributed by atoms with Gasteiger partial charge in [-0.3, -0.25) is 19.7 Å². The van der Waals surface area contributed by atoms with Crippen LogP contribution < -0.4 is 10.6 Å². The Morgan fingerprint density at radius 3 is 2.59 bits per heavy atom. The molecule has 0 saturated carbocycles. The van der Waals surface area contributed by atoms with Crippen LogP contribution in [-0.2, 0) is 22.4 Å². The number of thioether (sulfide) groups is 1. The molecule has 1 atom stereocenters. The normalized spacial score (nSPS) is 14.6. The Hall–Kier alpha value is -3.70. The highest BCUT2D eigenvalue weighted by Gasteiger charge is 2.34. The zero-order chi connectivity index (χ0) is 29.7. The van der Waals surface area contributed by atoms with Crippen LogP contribution in [0.3, 0.4) is 0 Å². The summed E-state index contributed by atoms with van der Waals surface area (Å²) < 4.78 is 5.34. The highest BCUT2D eigenvalue weighted by Crippen LogP contribution is 2.44. The number of esters is 1. The third kappa shape index (κ3) is 7.53. The Morgan fingerprint density at radius 1 is 1.12 bits per heavy atom. The molecule has 0 radical (unpaired) electrons. The van der Waals surface area contributed by atoms with E-state index in [0.717, 1.165) is 34.6 Å². The maximum absolute atomic E-state index is 13.0. The second-order valence-corrected chi connectivity index (χ2v) is 13.0. The number of fused-ring (bicyclic) bond motifs is 1. The number of rotatable bonds is 9. The van der Waals surface area contributed by atoms with E-state index in [-0.39, 0.29) is 34.9 Å². The second-order valence-electron chi connectivity index (χ2n) is 10.9. The third-order valence-electron chi connectivity index (χ3n) is 7.00. The van der Waals surface area contributed by atoms with E-state index < -0.39 is 16.8 Å². The van der Waals surface area contributed by atoms with Crippen LogP contribution in [0.1, 0.15) is 65.3 Å². The van der Waals surface area contributed by atoms with Crippen LogP contribution in [0.15, 0.2) is 53.4 Å². The number of anilines is 2. The van der Waals surface area contributed by atoms with Gasteiger partial charge in [-0.2, -0.15) is 0 Å². The van der Waals surface area contributed by atoms with Crippen LogP contribution in [-0.4, -0.2) is 35.1 Å². The summed E-state index contributed by atoms with van der Waals surface area (Å²) in [5.74, 6) is -0.549. The van der Waals surface area contributed by atoms with Gasteiger partial charge in [0.15, 0.2) is 0 Å². The van der Waals surface area contributed by atoms with Gasteiger partial charge < -0.3 is 15.4 Å². The predicted molar refractivity (Wildman–Crippen MR) is 162 cm³/mol. The van der Waals surface area contributed by atoms with E-state index in [1.165, 1.54) is 47.4 Å². The summed E-state index contributed by atoms with van der Waals surface area (Å²) in [7, 11) is 0. The quantitative estimate of drug-likeness (QED) is 0.118. The number of carbonyl (C=O) groups excluding carboxylic acids is 3. The fraction of sp³-hybridized carbons (Fsp3) is 0.367. The standard InChI is InChI=1S/C30H33N3O6S2/c1-5-39-29(36)26-23-13-12-19(30(2,3)4)15-24(23)41-28(26)32-25(34)17-40-22-11-7-9-20(16-22)31-27(35)18-8-6-10-21(14-18)33(37)38/h6-11,14,16,19H,5,12-13,15,17H2,1-4H3,(H,31,35)(H,32,34). The fourth-order valence-corrected chi connectivity index (χ4v) is 6.86. The summed E-state index contributed by atoms with van der Waals surface area (Å²) in [6.45, 7) is 8.72. The number of benzene rings is 2. The van der Waals surface area contributed by atoms with Crippen molar-refractivity contribution in [1.82, 2.24) is 0 Å². The number of thiophene rings is 1. The van der Waals surface area contributed by atoms with E-state index in [1.54, 1.807) is 25.1 Å². The first kappa shape index (κ1) is 30.3. The molecule has 0 saturated heterocycles. The maximum atomic E-state index is 13.0. The van der Waals surface area contributed by atoms with E-state index in [9.17, 15) is 24.5 Å². The van der Waals surface area contributed by atoms with Crippen LogP contribution in [0, 0.1) is 21.4 Å². The lowest BCUT2D eigenvalue weighted by molar-refractivity contribution is -0.384. The lowest BCUT2D eigenvalue weighted by atomic mass is 9.72. The van der Waals surface area contributed by atoms with Crippen molar-refractivity contribution in [2.24, 2.45) is 11.3 Å². The van der Waals surface area contributed by atoms with Crippen molar-refractivity contribution in [3.05, 3.63) is 80.2 Å². The molecule has 1 aromatic heterocycles. The first-order chi connectivity index (χ1) is 19.5. The molecule has 41 heavy (non-hydrogen) atoms. The smallest absolute Gasteiger partial charge is 0.341 e. The summed E-state index contributed by atoms with van der Waals surface area (Å²) >= 11 is 2.75. The highest BCUT2D eigenvalue weighted by atomic mass is 32.2. The van der Waals surface area contributed by atoms with Crippen LogP contribution in [0.25, 0.3) is 0 Å². The molecule has 0 fully saturated rings. The van der Waals surface area contributed by atoms with Gasteiger partial charge in [0.2, 0.25) is 5.91 Å². The summed E-state index contributed by atoms with van der Waals surface area (Å²) in [6.07, 6.45) is 2.63. The lowest BCUT2D eigenvalue weighted by Crippen LogP contribution is -2.26. The predicted octanol–water partition coefficient (Wildman–Crippen LogP) is 6.97. The van der Waals surface area contributed by atoms with Crippen LogP contribution >= 0.6 is 23.1 Å². The number of nitro groups is 1. The molecule has 0 spiro atoms. The molecular formula is C30H33N3O6S2. The molecule has 2 N–H and O–H groups in total. The molecule has 0 aliphatic heterocycles. The van der Waals surface area contributed by atoms with Gasteiger partial charge in [-0.1, -0.05) is 32.9 Å². The van der Waals surface area contributed by atoms with E-state index in [4.69, 9.17) is 4.74 Å². The molecule has 3 aromatic rings. The molecule has 1 heterocycles. The van der Waals surface area contributed by atoms with Gasteiger partial charge in [0, 0.05) is 33.2 Å². The highest BCUT2D eigenvalue weighted by molar-refractivity contribution is 8.00. The van der Waals surface area contributed by atoms with Crippen molar-refractivity contribution in [1.29, 1.82) is 0 Å². The van der Waals surface area contributed by atoms with Crippen molar-refractivity contribution < 1.29 is 24.0 Å². The third-order valence-corrected chi connectivity index (χ3v) is 9.17. The number of ether oxygens (including phenoxy) is 1. The largest absolute Gasteiger partial charge is 0.462 e. The molecular weight excluding hydrogens is 562 g/mol. The molecule has 9 nitrogen and oxygen atoms in total. The van der Waals surface area contributed by atoms with Crippen LogP contribution in [0.5, 0.6) is 0 Å². The van der Waals surface area contributed by atoms with E-state index in [2.05, 4.69) is 31.4 Å². The van der Waals surface area contributed by atoms with Crippen molar-refractivity contribution in [3.8, 4) is 0 Å². The minimum absolute atomic E-state index is 0.0950. The summed E-state index contributed by atoms with van der Waals surface area (Å²) in [6, 6.07) is 12.5. The zero-order valence-electron chi connectivity index (χ0n) is 23.4. The molecule has 2 aromatic carbocycles. The summed E-state index contributed by atoms with van der Waals surface area (Å²) in [4.78, 5) is 50.8. The Bertz CT molecular complexity index is 1480. The Kier molecular flexibility index (Phi) is 9.49. The van der Waals surface area contributed by atoms with Gasteiger partial charge in [-0.05, 0) is 67.3 Å². The fourth-order valence-electron chi connectivity index (χ4n) is 4.77. The molecule has 2 amide bonds. The van der Waals surface area contributed by atoms with Crippen LogP contribution in [0.4, 0.5) is 16.4 Å². The molecule has 216 valence electrons. The molecule has 1 aliphatic carbocycles. The summed E-state index contributed by atoms with van der Waals surface area (Å²) in [5, 5.41) is 17.2. The second kappa shape index (κ2) is 12.9. The maximum Gasteiger partial charge on any atom is 0.341 e. The van der Waals surface area contributed by atoms with E-state index in [1.807, 2.05) is 6.07 Å². The first-order valence-electron chi connectivity index (χ1n) is 13.4. The minimum atomic E-state index is -0.553. The van der Waals surface area contributed by atoms with E-state index in [0.29, 0.717) is 22.2 Å². The number of non-ortho nitro benzene ring substituents is 1. The average molecular weight is 596 g/mol. The van der Waals surface area contributed by atoms with Gasteiger partial charge in [-0.25, -0.2) is 4.79 Å². The number of amides is 2. The van der Waals surface area contributed by atoms with Crippen molar-refractivity contribution in [2.75, 3.05) is 23.0 Å². The molecule has 4 rings (SSSR count). The van der Waals surface area contributed by atoms with Crippen molar-refractivity contribution in [3.63, 3.8) is 0 Å². The number of nitro benzene ring substituents is 1. The van der Waals surface area contributed by atoms with Gasteiger partial charge in [-0.15, -0.1) is 23.1 Å². The molecule has 11 heteroatoms. The van der Waals surface area contributed by atoms with Crippen LogP contribution in [0.2, 0.25) is 0 Å². The van der Waals surface area contributed by atoms with Crippen molar-refractivity contribution >= 4 is 57.3 Å². The average Bonchev–Trinajstić information content (AvgIpc) is 3.29. The van der Waals surface area contributed by atoms with Gasteiger partial charge >= 0.3 is 5.97 Å². The van der Waals surface area contributed by atoms with Gasteiger partial charge in [0.25, 0.3) is 11.6 Å². The Balaban J connectivity index is 1.42. The van der Waals surface area contributed by atoms with E-state index >= 15 is 0 Å². The number of hydrogen-bond acceptors (Lipinski definition) is 8. The molecule has 1 aliphatic rings. The Morgan fingerprint density at radius 2 is 1.88 bits per heavy atom. The number of nitrogens with zero attached hydrogens (tertiary/aromatic N) is 1. The lowest BCUT2D eigenvalue weighted by Gasteiger charge is -2.33.